The summed E-state index contributed by atoms with van der Waals surface area (Å²) in [7, 11) is -2.97. The minimum absolute atomic E-state index is 0.00829. The number of carbonyl (C=O) groups excluding carboxylic acids is 1. The van der Waals surface area contributed by atoms with E-state index in [0.29, 0.717) is 17.9 Å². The van der Waals surface area contributed by atoms with E-state index in [1.165, 1.54) is 11.8 Å². The number of rotatable bonds is 6. The Hall–Kier alpha value is -1.16. The van der Waals surface area contributed by atoms with Crippen LogP contribution in [0.1, 0.15) is 48.5 Å². The van der Waals surface area contributed by atoms with Gasteiger partial charge in [-0.15, -0.1) is 0 Å². The molecule has 0 saturated heterocycles. The zero-order valence-electron chi connectivity index (χ0n) is 11.1. The molecular formula is C14H20O3S. The van der Waals surface area contributed by atoms with E-state index in [2.05, 4.69) is 13.8 Å². The second-order valence-electron chi connectivity index (χ2n) is 4.93. The van der Waals surface area contributed by atoms with E-state index < -0.39 is 9.84 Å². The molecule has 0 aliphatic rings. The third kappa shape index (κ3) is 5.00. The predicted molar refractivity (Wildman–Crippen MR) is 73.8 cm³/mol. The Bertz CT molecular complexity index is 498. The van der Waals surface area contributed by atoms with Crippen molar-refractivity contribution < 1.29 is 13.2 Å². The molecule has 0 aliphatic carbocycles. The molecule has 4 heteroatoms. The fourth-order valence-electron chi connectivity index (χ4n) is 1.69. The molecule has 0 aromatic heterocycles. The Morgan fingerprint density at radius 1 is 1.17 bits per heavy atom. The average Bonchev–Trinajstić information content (AvgIpc) is 2.27. The summed E-state index contributed by atoms with van der Waals surface area (Å²) in [5.41, 5.74) is 1.86. The van der Waals surface area contributed by atoms with Gasteiger partial charge in [-0.1, -0.05) is 38.1 Å². The van der Waals surface area contributed by atoms with Crippen LogP contribution in [0.5, 0.6) is 0 Å². The van der Waals surface area contributed by atoms with Crippen LogP contribution in [0.15, 0.2) is 24.3 Å². The summed E-state index contributed by atoms with van der Waals surface area (Å²) in [4.78, 5) is 11.8. The lowest BCUT2D eigenvalue weighted by atomic mass is 9.99. The van der Waals surface area contributed by atoms with E-state index in [0.717, 1.165) is 0 Å². The molecule has 0 atom stereocenters. The van der Waals surface area contributed by atoms with Crippen LogP contribution in [0.25, 0.3) is 0 Å². The van der Waals surface area contributed by atoms with Gasteiger partial charge in [0.25, 0.3) is 0 Å². The maximum absolute atomic E-state index is 11.8. The topological polar surface area (TPSA) is 51.2 Å². The second-order valence-corrected chi connectivity index (χ2v) is 7.19. The number of Topliss-reactive ketones (excluding diaryl/α,β-unsaturated/α-hetero) is 1. The van der Waals surface area contributed by atoms with Crippen molar-refractivity contribution in [2.45, 2.75) is 32.6 Å². The van der Waals surface area contributed by atoms with Gasteiger partial charge in [0.15, 0.2) is 5.78 Å². The van der Waals surface area contributed by atoms with Gasteiger partial charge >= 0.3 is 0 Å². The lowest BCUT2D eigenvalue weighted by Gasteiger charge is -2.06. The molecule has 1 aromatic rings. The molecule has 0 heterocycles. The van der Waals surface area contributed by atoms with Gasteiger partial charge in [0, 0.05) is 18.2 Å². The van der Waals surface area contributed by atoms with Gasteiger partial charge in [0.1, 0.15) is 9.84 Å². The van der Waals surface area contributed by atoms with Gasteiger partial charge in [-0.05, 0) is 17.9 Å². The van der Waals surface area contributed by atoms with Gasteiger partial charge < -0.3 is 0 Å². The van der Waals surface area contributed by atoms with Crippen LogP contribution in [0.4, 0.5) is 0 Å². The highest BCUT2D eigenvalue weighted by Crippen LogP contribution is 2.15. The van der Waals surface area contributed by atoms with E-state index in [-0.39, 0.29) is 18.0 Å². The third-order valence-corrected chi connectivity index (χ3v) is 3.85. The highest BCUT2D eigenvalue weighted by molar-refractivity contribution is 7.90. The minimum atomic E-state index is -2.97. The predicted octanol–water partition coefficient (Wildman–Crippen LogP) is 2.82. The van der Waals surface area contributed by atoms with Crippen molar-refractivity contribution in [1.29, 1.82) is 0 Å². The number of hydrogen-bond donors (Lipinski definition) is 0. The van der Waals surface area contributed by atoms with Gasteiger partial charge in [0.2, 0.25) is 0 Å². The van der Waals surface area contributed by atoms with E-state index in [1.807, 2.05) is 24.3 Å². The summed E-state index contributed by atoms with van der Waals surface area (Å²) in [6.07, 6.45) is 1.87. The fraction of sp³-hybridized carbons (Fsp3) is 0.500. The summed E-state index contributed by atoms with van der Waals surface area (Å²) < 4.78 is 21.9. The first-order chi connectivity index (χ1) is 8.29. The Labute approximate surface area is 109 Å². The normalized spacial score (nSPS) is 11.8. The van der Waals surface area contributed by atoms with Crippen molar-refractivity contribution in [3.8, 4) is 0 Å². The maximum atomic E-state index is 11.8. The molecule has 0 bridgehead atoms. The van der Waals surface area contributed by atoms with Crippen LogP contribution in [0.3, 0.4) is 0 Å². The number of sulfone groups is 1. The van der Waals surface area contributed by atoms with Crippen molar-refractivity contribution in [1.82, 2.24) is 0 Å². The summed E-state index contributed by atoms with van der Waals surface area (Å²) in [5.74, 6) is 0.524. The number of ketones is 1. The highest BCUT2D eigenvalue weighted by Gasteiger charge is 2.09. The van der Waals surface area contributed by atoms with Gasteiger partial charge in [-0.2, -0.15) is 0 Å². The van der Waals surface area contributed by atoms with Crippen molar-refractivity contribution >= 4 is 15.6 Å². The Morgan fingerprint density at radius 3 is 2.17 bits per heavy atom. The maximum Gasteiger partial charge on any atom is 0.162 e. The molecule has 0 fully saturated rings. The summed E-state index contributed by atoms with van der Waals surface area (Å²) in [6.45, 7) is 4.20. The third-order valence-electron chi connectivity index (χ3n) is 2.82. The first-order valence-corrected chi connectivity index (χ1v) is 8.16. The van der Waals surface area contributed by atoms with E-state index >= 15 is 0 Å². The second kappa shape index (κ2) is 6.14. The van der Waals surface area contributed by atoms with Crippen LogP contribution < -0.4 is 0 Å². The Kier molecular flexibility index (Phi) is 5.08. The lowest BCUT2D eigenvalue weighted by Crippen LogP contribution is -2.06. The van der Waals surface area contributed by atoms with Crippen molar-refractivity contribution in [3.05, 3.63) is 35.4 Å². The molecule has 0 unspecified atom stereocenters. The molecule has 0 N–H and O–H groups in total. The zero-order valence-corrected chi connectivity index (χ0v) is 12.0. The molecular weight excluding hydrogens is 248 g/mol. The van der Waals surface area contributed by atoms with Crippen LogP contribution in [0, 0.1) is 0 Å². The largest absolute Gasteiger partial charge is 0.294 e. The van der Waals surface area contributed by atoms with E-state index in [9.17, 15) is 13.2 Å². The number of carbonyl (C=O) groups is 1. The average molecular weight is 268 g/mol. The van der Waals surface area contributed by atoms with Crippen molar-refractivity contribution in [3.63, 3.8) is 0 Å². The highest BCUT2D eigenvalue weighted by atomic mass is 32.2. The van der Waals surface area contributed by atoms with E-state index in [1.54, 1.807) is 0 Å². The number of benzene rings is 1. The SMILES string of the molecule is CC(C)c1ccc(C(=O)CCCS(C)(=O)=O)cc1. The molecule has 100 valence electrons. The summed E-state index contributed by atoms with van der Waals surface area (Å²) in [6, 6.07) is 7.54. The zero-order chi connectivity index (χ0) is 13.8. The summed E-state index contributed by atoms with van der Waals surface area (Å²) >= 11 is 0. The lowest BCUT2D eigenvalue weighted by molar-refractivity contribution is 0.0982. The monoisotopic (exact) mass is 268 g/mol. The van der Waals surface area contributed by atoms with Crippen LogP contribution in [0.2, 0.25) is 0 Å². The molecule has 0 saturated carbocycles. The Balaban J connectivity index is 2.57. The molecule has 0 radical (unpaired) electrons. The molecule has 1 rings (SSSR count). The first kappa shape index (κ1) is 14.9. The fourth-order valence-corrected chi connectivity index (χ4v) is 2.36. The van der Waals surface area contributed by atoms with Crippen LogP contribution in [-0.4, -0.2) is 26.2 Å². The number of hydrogen-bond acceptors (Lipinski definition) is 3. The van der Waals surface area contributed by atoms with Crippen molar-refractivity contribution in [2.24, 2.45) is 0 Å². The van der Waals surface area contributed by atoms with Gasteiger partial charge in [-0.25, -0.2) is 8.42 Å². The first-order valence-electron chi connectivity index (χ1n) is 6.10. The smallest absolute Gasteiger partial charge is 0.162 e. The molecule has 1 aromatic carbocycles. The molecule has 3 nitrogen and oxygen atoms in total. The van der Waals surface area contributed by atoms with Gasteiger partial charge in [-0.3, -0.25) is 4.79 Å². The molecule has 0 aliphatic heterocycles. The van der Waals surface area contributed by atoms with Gasteiger partial charge in [0.05, 0.1) is 5.75 Å². The molecule has 0 amide bonds. The minimum Gasteiger partial charge on any atom is -0.294 e. The quantitative estimate of drug-likeness (QED) is 0.745. The van der Waals surface area contributed by atoms with Crippen LogP contribution >= 0.6 is 0 Å². The standard InChI is InChI=1S/C14H20O3S/c1-11(2)12-6-8-13(9-7-12)14(15)5-4-10-18(3,16)17/h6-9,11H,4-5,10H2,1-3H3. The van der Waals surface area contributed by atoms with Crippen LogP contribution in [-0.2, 0) is 9.84 Å². The Morgan fingerprint density at radius 2 is 1.72 bits per heavy atom. The molecule has 18 heavy (non-hydrogen) atoms. The molecule has 0 spiro atoms. The van der Waals surface area contributed by atoms with E-state index in [4.69, 9.17) is 0 Å². The summed E-state index contributed by atoms with van der Waals surface area (Å²) in [5, 5.41) is 0. The van der Waals surface area contributed by atoms with Crippen molar-refractivity contribution in [2.75, 3.05) is 12.0 Å².